The number of piperidine rings is 1. The first-order chi connectivity index (χ1) is 7.31. The predicted octanol–water partition coefficient (Wildman–Crippen LogP) is 2.54. The number of nitrogens with zero attached hydrogens (tertiary/aromatic N) is 3. The molecular weight excluding hydrogens is 254 g/mol. The van der Waals surface area contributed by atoms with Gasteiger partial charge >= 0.3 is 0 Å². The highest BCUT2D eigenvalue weighted by Gasteiger charge is 2.22. The Morgan fingerprint density at radius 3 is 3.13 bits per heavy atom. The minimum Gasteiger partial charge on any atom is -0.353 e. The van der Waals surface area contributed by atoms with Crippen LogP contribution in [0.3, 0.4) is 0 Å². The van der Waals surface area contributed by atoms with Gasteiger partial charge in [0.2, 0.25) is 0 Å². The number of aryl methyl sites for hydroxylation is 1. The Balaban J connectivity index is 2.20. The van der Waals surface area contributed by atoms with Crippen LogP contribution < -0.4 is 4.90 Å². The molecule has 1 fully saturated rings. The van der Waals surface area contributed by atoms with Crippen molar-refractivity contribution >= 4 is 21.7 Å². The van der Waals surface area contributed by atoms with E-state index in [4.69, 9.17) is 0 Å². The maximum atomic E-state index is 4.49. The summed E-state index contributed by atoms with van der Waals surface area (Å²) >= 11 is 3.58. The molecule has 1 aliphatic rings. The van der Waals surface area contributed by atoms with E-state index in [0.29, 0.717) is 6.04 Å². The summed E-state index contributed by atoms with van der Waals surface area (Å²) in [6, 6.07) is 2.60. The second kappa shape index (κ2) is 4.92. The van der Waals surface area contributed by atoms with Gasteiger partial charge in [0, 0.05) is 24.1 Å². The quantitative estimate of drug-likeness (QED) is 0.773. The molecule has 1 unspecified atom stereocenters. The molecule has 0 aliphatic carbocycles. The number of hydrogen-bond donors (Lipinski definition) is 0. The molecule has 1 aromatic heterocycles. The highest BCUT2D eigenvalue weighted by molar-refractivity contribution is 9.09. The lowest BCUT2D eigenvalue weighted by Gasteiger charge is -2.35. The number of rotatable bonds is 2. The Labute approximate surface area is 99.0 Å². The summed E-state index contributed by atoms with van der Waals surface area (Å²) in [5, 5.41) is 1.02. The smallest absolute Gasteiger partial charge is 0.132 e. The van der Waals surface area contributed by atoms with Gasteiger partial charge in [0.15, 0.2) is 0 Å². The number of anilines is 1. The Morgan fingerprint density at radius 2 is 2.40 bits per heavy atom. The van der Waals surface area contributed by atoms with Crippen LogP contribution in [0.15, 0.2) is 12.3 Å². The van der Waals surface area contributed by atoms with Crippen molar-refractivity contribution in [2.24, 2.45) is 0 Å². The monoisotopic (exact) mass is 269 g/mol. The van der Waals surface area contributed by atoms with Gasteiger partial charge in [-0.3, -0.25) is 0 Å². The van der Waals surface area contributed by atoms with Crippen molar-refractivity contribution in [3.05, 3.63) is 18.1 Å². The van der Waals surface area contributed by atoms with Crippen LogP contribution in [0.2, 0.25) is 0 Å². The topological polar surface area (TPSA) is 29.0 Å². The largest absolute Gasteiger partial charge is 0.353 e. The van der Waals surface area contributed by atoms with Crippen molar-refractivity contribution in [1.82, 2.24) is 9.97 Å². The summed E-state index contributed by atoms with van der Waals surface area (Å²) in [6.45, 7) is 3.06. The van der Waals surface area contributed by atoms with E-state index in [-0.39, 0.29) is 0 Å². The Morgan fingerprint density at radius 1 is 1.53 bits per heavy atom. The van der Waals surface area contributed by atoms with Crippen molar-refractivity contribution < 1.29 is 0 Å². The van der Waals surface area contributed by atoms with Gasteiger partial charge in [-0.15, -0.1) is 0 Å². The van der Waals surface area contributed by atoms with E-state index in [0.717, 1.165) is 23.5 Å². The molecule has 1 aromatic rings. The third-order valence-electron chi connectivity index (χ3n) is 2.86. The molecule has 0 amide bonds. The Kier molecular flexibility index (Phi) is 3.57. The molecule has 2 rings (SSSR count). The molecule has 2 heterocycles. The van der Waals surface area contributed by atoms with Crippen LogP contribution in [0.1, 0.15) is 25.1 Å². The number of halogens is 1. The molecule has 1 atom stereocenters. The van der Waals surface area contributed by atoms with Crippen molar-refractivity contribution in [2.45, 2.75) is 32.2 Å². The molecule has 4 heteroatoms. The van der Waals surface area contributed by atoms with Gasteiger partial charge in [0.05, 0.1) is 0 Å². The molecular formula is C11H16BrN3. The number of alkyl halides is 1. The van der Waals surface area contributed by atoms with Crippen LogP contribution in [-0.2, 0) is 0 Å². The van der Waals surface area contributed by atoms with Crippen LogP contribution >= 0.6 is 15.9 Å². The third kappa shape index (κ3) is 2.48. The highest BCUT2D eigenvalue weighted by atomic mass is 79.9. The van der Waals surface area contributed by atoms with Crippen molar-refractivity contribution in [1.29, 1.82) is 0 Å². The fourth-order valence-corrected chi connectivity index (χ4v) is 2.74. The fraction of sp³-hybridized carbons (Fsp3) is 0.636. The summed E-state index contributed by atoms with van der Waals surface area (Å²) in [6.07, 6.45) is 5.70. The molecule has 0 radical (unpaired) electrons. The fourth-order valence-electron chi connectivity index (χ4n) is 2.07. The van der Waals surface area contributed by atoms with E-state index in [2.05, 4.69) is 30.8 Å². The minimum absolute atomic E-state index is 0.591. The van der Waals surface area contributed by atoms with Crippen molar-refractivity contribution in [2.75, 3.05) is 16.8 Å². The first-order valence-electron chi connectivity index (χ1n) is 5.43. The summed E-state index contributed by atoms with van der Waals surface area (Å²) in [5.74, 6) is 1.93. The predicted molar refractivity (Wildman–Crippen MR) is 65.5 cm³/mol. The molecule has 82 valence electrons. The van der Waals surface area contributed by atoms with Crippen LogP contribution in [0, 0.1) is 6.92 Å². The van der Waals surface area contributed by atoms with Gasteiger partial charge < -0.3 is 4.90 Å². The first kappa shape index (κ1) is 10.9. The van der Waals surface area contributed by atoms with Crippen molar-refractivity contribution in [3.8, 4) is 0 Å². The zero-order valence-electron chi connectivity index (χ0n) is 8.99. The van der Waals surface area contributed by atoms with E-state index in [1.54, 1.807) is 0 Å². The maximum Gasteiger partial charge on any atom is 0.132 e. The van der Waals surface area contributed by atoms with Crippen LogP contribution in [0.25, 0.3) is 0 Å². The molecule has 1 saturated heterocycles. The Bertz CT molecular complexity index is 329. The van der Waals surface area contributed by atoms with E-state index < -0.39 is 0 Å². The molecule has 1 aliphatic heterocycles. The molecule has 0 N–H and O–H groups in total. The lowest BCUT2D eigenvalue weighted by molar-refractivity contribution is 0.487. The van der Waals surface area contributed by atoms with Crippen molar-refractivity contribution in [3.63, 3.8) is 0 Å². The summed E-state index contributed by atoms with van der Waals surface area (Å²) in [5.41, 5.74) is 0. The first-order valence-corrected chi connectivity index (χ1v) is 6.55. The van der Waals surface area contributed by atoms with Gasteiger partial charge in [-0.2, -0.15) is 0 Å². The molecule has 0 spiro atoms. The SMILES string of the molecule is Cc1nccc(N2CCCCC2CBr)n1. The van der Waals surface area contributed by atoms with E-state index in [9.17, 15) is 0 Å². The third-order valence-corrected chi connectivity index (χ3v) is 3.61. The molecule has 15 heavy (non-hydrogen) atoms. The number of hydrogen-bond acceptors (Lipinski definition) is 3. The molecule has 0 bridgehead atoms. The second-order valence-electron chi connectivity index (χ2n) is 3.96. The minimum atomic E-state index is 0.591. The summed E-state index contributed by atoms with van der Waals surface area (Å²) in [4.78, 5) is 11.0. The van der Waals surface area contributed by atoms with E-state index in [1.165, 1.54) is 19.3 Å². The normalized spacial score (nSPS) is 21.7. The van der Waals surface area contributed by atoms with Gasteiger partial charge in [-0.05, 0) is 32.3 Å². The van der Waals surface area contributed by atoms with Crippen LogP contribution in [0.5, 0.6) is 0 Å². The standard InChI is InChI=1S/C11H16BrN3/c1-9-13-6-5-11(14-9)15-7-3-2-4-10(15)8-12/h5-6,10H,2-4,7-8H2,1H3. The maximum absolute atomic E-state index is 4.49. The zero-order valence-corrected chi connectivity index (χ0v) is 10.6. The average Bonchev–Trinajstić information content (AvgIpc) is 2.29. The molecule has 0 saturated carbocycles. The lowest BCUT2D eigenvalue weighted by Crippen LogP contribution is -2.41. The number of aromatic nitrogens is 2. The Hall–Kier alpha value is -0.640. The summed E-state index contributed by atoms with van der Waals surface area (Å²) in [7, 11) is 0. The van der Waals surface area contributed by atoms with Gasteiger partial charge in [-0.1, -0.05) is 15.9 Å². The van der Waals surface area contributed by atoms with Gasteiger partial charge in [0.1, 0.15) is 11.6 Å². The van der Waals surface area contributed by atoms with Gasteiger partial charge in [-0.25, -0.2) is 9.97 Å². The van der Waals surface area contributed by atoms with E-state index in [1.807, 2.05) is 19.2 Å². The summed E-state index contributed by atoms with van der Waals surface area (Å²) < 4.78 is 0. The average molecular weight is 270 g/mol. The highest BCUT2D eigenvalue weighted by Crippen LogP contribution is 2.23. The molecule has 0 aromatic carbocycles. The van der Waals surface area contributed by atoms with Crippen LogP contribution in [0.4, 0.5) is 5.82 Å². The molecule has 3 nitrogen and oxygen atoms in total. The lowest BCUT2D eigenvalue weighted by atomic mass is 10.0. The zero-order chi connectivity index (χ0) is 10.7. The van der Waals surface area contributed by atoms with Crippen LogP contribution in [-0.4, -0.2) is 27.9 Å². The second-order valence-corrected chi connectivity index (χ2v) is 4.61. The van der Waals surface area contributed by atoms with E-state index >= 15 is 0 Å². The van der Waals surface area contributed by atoms with Gasteiger partial charge in [0.25, 0.3) is 0 Å².